The van der Waals surface area contributed by atoms with Crippen molar-refractivity contribution < 1.29 is 5.11 Å². The highest BCUT2D eigenvalue weighted by Crippen LogP contribution is 2.23. The highest BCUT2D eigenvalue weighted by atomic mass is 16.3. The van der Waals surface area contributed by atoms with Gasteiger partial charge in [0, 0.05) is 13.1 Å². The molecule has 78 valence electrons. The summed E-state index contributed by atoms with van der Waals surface area (Å²) in [6.45, 7) is 10.0. The van der Waals surface area contributed by atoms with Crippen LogP contribution in [-0.2, 0) is 0 Å². The zero-order chi connectivity index (χ0) is 9.84. The van der Waals surface area contributed by atoms with Crippen LogP contribution >= 0.6 is 0 Å². The summed E-state index contributed by atoms with van der Waals surface area (Å²) >= 11 is 0. The standard InChI is InChI=1S/C11H23NO/c1-9(2)11-5-7-12(8-11)6-4-10(3)13/h9-11,13H,4-8H2,1-3H3. The van der Waals surface area contributed by atoms with Gasteiger partial charge in [-0.15, -0.1) is 0 Å². The van der Waals surface area contributed by atoms with Gasteiger partial charge < -0.3 is 10.0 Å². The number of aliphatic hydroxyl groups is 1. The minimum Gasteiger partial charge on any atom is -0.393 e. The molecular weight excluding hydrogens is 162 g/mol. The van der Waals surface area contributed by atoms with E-state index in [0.29, 0.717) is 0 Å². The maximum atomic E-state index is 9.16. The molecule has 0 radical (unpaired) electrons. The number of nitrogens with zero attached hydrogens (tertiary/aromatic N) is 1. The zero-order valence-electron chi connectivity index (χ0n) is 9.16. The summed E-state index contributed by atoms with van der Waals surface area (Å²) in [6, 6.07) is 0. The number of aliphatic hydroxyl groups excluding tert-OH is 1. The third-order valence-electron chi connectivity index (χ3n) is 3.11. The van der Waals surface area contributed by atoms with Gasteiger partial charge >= 0.3 is 0 Å². The molecule has 0 aliphatic carbocycles. The van der Waals surface area contributed by atoms with Crippen LogP contribution in [0.3, 0.4) is 0 Å². The molecule has 0 spiro atoms. The molecule has 0 amide bonds. The summed E-state index contributed by atoms with van der Waals surface area (Å²) < 4.78 is 0. The third-order valence-corrected chi connectivity index (χ3v) is 3.11. The number of hydrogen-bond donors (Lipinski definition) is 1. The van der Waals surface area contributed by atoms with E-state index in [4.69, 9.17) is 5.11 Å². The molecule has 1 N–H and O–H groups in total. The molecule has 1 aliphatic rings. The predicted octanol–water partition coefficient (Wildman–Crippen LogP) is 1.74. The van der Waals surface area contributed by atoms with Gasteiger partial charge in [-0.25, -0.2) is 0 Å². The molecule has 1 rings (SSSR count). The SMILES string of the molecule is CC(O)CCN1CCC(C(C)C)C1. The normalized spacial score (nSPS) is 27.0. The van der Waals surface area contributed by atoms with Crippen molar-refractivity contribution in [2.45, 2.75) is 39.7 Å². The fraction of sp³-hybridized carbons (Fsp3) is 1.00. The Bertz CT molecular complexity index is 145. The van der Waals surface area contributed by atoms with Gasteiger partial charge in [-0.1, -0.05) is 13.8 Å². The Kier molecular flexibility index (Phi) is 4.20. The highest BCUT2D eigenvalue weighted by Gasteiger charge is 2.24. The molecule has 1 heterocycles. The van der Waals surface area contributed by atoms with Gasteiger partial charge in [0.15, 0.2) is 0 Å². The predicted molar refractivity (Wildman–Crippen MR) is 55.7 cm³/mol. The fourth-order valence-electron chi connectivity index (χ4n) is 1.98. The molecule has 2 unspecified atom stereocenters. The smallest absolute Gasteiger partial charge is 0.0524 e. The maximum Gasteiger partial charge on any atom is 0.0524 e. The summed E-state index contributed by atoms with van der Waals surface area (Å²) in [6.07, 6.45) is 2.13. The molecule has 13 heavy (non-hydrogen) atoms. The first kappa shape index (κ1) is 11.0. The zero-order valence-corrected chi connectivity index (χ0v) is 9.16. The van der Waals surface area contributed by atoms with Gasteiger partial charge in [-0.3, -0.25) is 0 Å². The van der Waals surface area contributed by atoms with Crippen molar-refractivity contribution in [2.75, 3.05) is 19.6 Å². The number of hydrogen-bond acceptors (Lipinski definition) is 2. The molecule has 1 fully saturated rings. The lowest BCUT2D eigenvalue weighted by Crippen LogP contribution is -2.25. The Balaban J connectivity index is 2.17. The van der Waals surface area contributed by atoms with Crippen molar-refractivity contribution in [1.29, 1.82) is 0 Å². The molecule has 0 saturated carbocycles. The molecule has 1 aliphatic heterocycles. The van der Waals surface area contributed by atoms with E-state index in [1.165, 1.54) is 19.5 Å². The lowest BCUT2D eigenvalue weighted by molar-refractivity contribution is 0.162. The van der Waals surface area contributed by atoms with E-state index >= 15 is 0 Å². The van der Waals surface area contributed by atoms with Crippen LogP contribution in [0.4, 0.5) is 0 Å². The molecule has 0 aromatic heterocycles. The number of rotatable bonds is 4. The van der Waals surface area contributed by atoms with Gasteiger partial charge in [-0.05, 0) is 38.1 Å². The molecule has 2 nitrogen and oxygen atoms in total. The van der Waals surface area contributed by atoms with E-state index in [1.54, 1.807) is 0 Å². The maximum absolute atomic E-state index is 9.16. The molecule has 2 heteroatoms. The largest absolute Gasteiger partial charge is 0.393 e. The van der Waals surface area contributed by atoms with E-state index in [2.05, 4.69) is 18.7 Å². The van der Waals surface area contributed by atoms with Crippen molar-refractivity contribution in [2.24, 2.45) is 11.8 Å². The minimum atomic E-state index is -0.141. The van der Waals surface area contributed by atoms with Crippen LogP contribution in [0.25, 0.3) is 0 Å². The topological polar surface area (TPSA) is 23.5 Å². The van der Waals surface area contributed by atoms with Crippen LogP contribution in [0.15, 0.2) is 0 Å². The average Bonchev–Trinajstić information content (AvgIpc) is 2.48. The number of likely N-dealkylation sites (tertiary alicyclic amines) is 1. The van der Waals surface area contributed by atoms with Crippen LogP contribution in [-0.4, -0.2) is 35.7 Å². The Hall–Kier alpha value is -0.0800. The fourth-order valence-corrected chi connectivity index (χ4v) is 1.98. The summed E-state index contributed by atoms with van der Waals surface area (Å²) in [4.78, 5) is 2.48. The van der Waals surface area contributed by atoms with Gasteiger partial charge in [0.1, 0.15) is 0 Å². The Morgan fingerprint density at radius 1 is 1.38 bits per heavy atom. The van der Waals surface area contributed by atoms with Crippen LogP contribution < -0.4 is 0 Å². The molecule has 0 aromatic rings. The molecule has 0 bridgehead atoms. The summed E-state index contributed by atoms with van der Waals surface area (Å²) in [5, 5.41) is 9.16. The Morgan fingerprint density at radius 2 is 2.08 bits per heavy atom. The minimum absolute atomic E-state index is 0.141. The molecule has 2 atom stereocenters. The van der Waals surface area contributed by atoms with Crippen LogP contribution in [0, 0.1) is 11.8 Å². The second-order valence-corrected chi connectivity index (χ2v) is 4.73. The van der Waals surface area contributed by atoms with Crippen molar-refractivity contribution in [3.63, 3.8) is 0 Å². The summed E-state index contributed by atoms with van der Waals surface area (Å²) in [5.41, 5.74) is 0. The molecular formula is C11H23NO. The van der Waals surface area contributed by atoms with Crippen molar-refractivity contribution in [3.8, 4) is 0 Å². The van der Waals surface area contributed by atoms with E-state index in [1.807, 2.05) is 6.92 Å². The monoisotopic (exact) mass is 185 g/mol. The Morgan fingerprint density at radius 3 is 2.54 bits per heavy atom. The van der Waals surface area contributed by atoms with E-state index in [-0.39, 0.29) is 6.10 Å². The first-order valence-corrected chi connectivity index (χ1v) is 5.50. The molecule has 0 aromatic carbocycles. The van der Waals surface area contributed by atoms with E-state index in [0.717, 1.165) is 24.8 Å². The second kappa shape index (κ2) is 4.97. The van der Waals surface area contributed by atoms with E-state index < -0.39 is 0 Å². The Labute approximate surface area is 81.9 Å². The van der Waals surface area contributed by atoms with Crippen LogP contribution in [0.2, 0.25) is 0 Å². The first-order chi connectivity index (χ1) is 6.09. The van der Waals surface area contributed by atoms with Crippen LogP contribution in [0.1, 0.15) is 33.6 Å². The van der Waals surface area contributed by atoms with Gasteiger partial charge in [0.2, 0.25) is 0 Å². The lowest BCUT2D eigenvalue weighted by Gasteiger charge is -2.18. The highest BCUT2D eigenvalue weighted by molar-refractivity contribution is 4.77. The van der Waals surface area contributed by atoms with Gasteiger partial charge in [0.25, 0.3) is 0 Å². The van der Waals surface area contributed by atoms with Gasteiger partial charge in [-0.2, -0.15) is 0 Å². The van der Waals surface area contributed by atoms with Crippen LogP contribution in [0.5, 0.6) is 0 Å². The van der Waals surface area contributed by atoms with Gasteiger partial charge in [0.05, 0.1) is 6.10 Å². The summed E-state index contributed by atoms with van der Waals surface area (Å²) in [5.74, 6) is 1.70. The first-order valence-electron chi connectivity index (χ1n) is 5.50. The quantitative estimate of drug-likeness (QED) is 0.721. The van der Waals surface area contributed by atoms with Crippen molar-refractivity contribution in [1.82, 2.24) is 4.90 Å². The van der Waals surface area contributed by atoms with E-state index in [9.17, 15) is 0 Å². The lowest BCUT2D eigenvalue weighted by atomic mass is 9.95. The van der Waals surface area contributed by atoms with Crippen molar-refractivity contribution in [3.05, 3.63) is 0 Å². The summed E-state index contributed by atoms with van der Waals surface area (Å²) in [7, 11) is 0. The second-order valence-electron chi connectivity index (χ2n) is 4.73. The average molecular weight is 185 g/mol. The molecule has 1 saturated heterocycles. The third kappa shape index (κ3) is 3.65. The van der Waals surface area contributed by atoms with Crippen molar-refractivity contribution >= 4 is 0 Å².